The lowest BCUT2D eigenvalue weighted by molar-refractivity contribution is -0.140. The molecule has 0 spiro atoms. The van der Waals surface area contributed by atoms with E-state index in [1.807, 2.05) is 0 Å². The predicted molar refractivity (Wildman–Crippen MR) is 86.4 cm³/mol. The lowest BCUT2D eigenvalue weighted by Gasteiger charge is -2.22. The zero-order valence-electron chi connectivity index (χ0n) is 13.3. The molecule has 1 amide bonds. The topological polar surface area (TPSA) is 42.4 Å². The fraction of sp³-hybridized carbons (Fsp3) is 0.375. The van der Waals surface area contributed by atoms with Crippen LogP contribution in [0.15, 0.2) is 29.6 Å². The smallest absolute Gasteiger partial charge is 0.406 e. The van der Waals surface area contributed by atoms with Crippen molar-refractivity contribution in [3.05, 3.63) is 35.3 Å². The first-order valence-corrected chi connectivity index (χ1v) is 8.18. The van der Waals surface area contributed by atoms with Gasteiger partial charge in [0.1, 0.15) is 23.0 Å². The van der Waals surface area contributed by atoms with Crippen molar-refractivity contribution < 1.29 is 22.7 Å². The largest absolute Gasteiger partial charge is 0.496 e. The molecule has 1 aromatic heterocycles. The highest BCUT2D eigenvalue weighted by molar-refractivity contribution is 7.13. The van der Waals surface area contributed by atoms with E-state index in [4.69, 9.17) is 4.74 Å². The van der Waals surface area contributed by atoms with Gasteiger partial charge in [-0.15, -0.1) is 11.3 Å². The number of alkyl halides is 3. The minimum atomic E-state index is -4.44. The van der Waals surface area contributed by atoms with Crippen molar-refractivity contribution in [1.82, 2.24) is 9.88 Å². The monoisotopic (exact) mass is 358 g/mol. The molecule has 0 atom stereocenters. The Balaban J connectivity index is 2.26. The second-order valence-corrected chi connectivity index (χ2v) is 5.94. The van der Waals surface area contributed by atoms with Crippen LogP contribution in [-0.4, -0.2) is 42.2 Å². The summed E-state index contributed by atoms with van der Waals surface area (Å²) in [5.41, 5.74) is 0.709. The Kier molecular flexibility index (Phi) is 5.82. The van der Waals surface area contributed by atoms with Gasteiger partial charge in [-0.3, -0.25) is 4.79 Å². The molecule has 8 heteroatoms. The molecule has 0 saturated heterocycles. The third-order valence-corrected chi connectivity index (χ3v) is 4.09. The fourth-order valence-corrected chi connectivity index (χ4v) is 3.04. The van der Waals surface area contributed by atoms with E-state index in [0.29, 0.717) is 22.7 Å². The Morgan fingerprint density at radius 2 is 2.04 bits per heavy atom. The second-order valence-electron chi connectivity index (χ2n) is 5.08. The first kappa shape index (κ1) is 18.3. The van der Waals surface area contributed by atoms with Gasteiger partial charge >= 0.3 is 6.18 Å². The minimum absolute atomic E-state index is 0.0126. The Bertz CT molecular complexity index is 701. The van der Waals surface area contributed by atoms with E-state index in [0.717, 1.165) is 4.90 Å². The average Bonchev–Trinajstić information content (AvgIpc) is 3.02. The summed E-state index contributed by atoms with van der Waals surface area (Å²) in [4.78, 5) is 17.3. The van der Waals surface area contributed by atoms with Crippen LogP contribution in [0.25, 0.3) is 10.6 Å². The molecule has 1 heterocycles. The number of thiazole rings is 1. The summed E-state index contributed by atoms with van der Waals surface area (Å²) < 4.78 is 43.2. The van der Waals surface area contributed by atoms with Crippen molar-refractivity contribution in [2.75, 3.05) is 20.2 Å². The van der Waals surface area contributed by atoms with Gasteiger partial charge in [0.15, 0.2) is 0 Å². The molecule has 2 aromatic rings. The summed E-state index contributed by atoms with van der Waals surface area (Å²) in [7, 11) is 1.52. The summed E-state index contributed by atoms with van der Waals surface area (Å²) in [6, 6.07) is 7.14. The molecule has 0 aliphatic rings. The number of ether oxygens (including phenoxy) is 1. The number of amides is 1. The van der Waals surface area contributed by atoms with Gasteiger partial charge in [0, 0.05) is 11.9 Å². The summed E-state index contributed by atoms with van der Waals surface area (Å²) in [6.07, 6.45) is -4.00. The lowest BCUT2D eigenvalue weighted by Crippen LogP contribution is -2.39. The number of para-hydroxylation sites is 1. The fourth-order valence-electron chi connectivity index (χ4n) is 2.22. The Morgan fingerprint density at radius 1 is 1.33 bits per heavy atom. The number of nitrogens with zero attached hydrogens (tertiary/aromatic N) is 2. The van der Waals surface area contributed by atoms with Crippen LogP contribution in [0.1, 0.15) is 23.8 Å². The molecule has 0 aliphatic carbocycles. The van der Waals surface area contributed by atoms with Crippen LogP contribution < -0.4 is 4.74 Å². The quantitative estimate of drug-likeness (QED) is 0.776. The first-order chi connectivity index (χ1) is 11.4. The Labute approximate surface area is 141 Å². The van der Waals surface area contributed by atoms with Crippen molar-refractivity contribution in [2.45, 2.75) is 19.5 Å². The normalized spacial score (nSPS) is 11.4. The van der Waals surface area contributed by atoms with Gasteiger partial charge < -0.3 is 9.64 Å². The van der Waals surface area contributed by atoms with Gasteiger partial charge in [-0.05, 0) is 18.6 Å². The Morgan fingerprint density at radius 3 is 2.67 bits per heavy atom. The number of rotatable bonds is 6. The molecule has 0 unspecified atom stereocenters. The number of aromatic nitrogens is 1. The van der Waals surface area contributed by atoms with Crippen molar-refractivity contribution in [2.24, 2.45) is 0 Å². The molecular formula is C16H17F3N2O2S. The molecule has 2 rings (SSSR count). The zero-order valence-corrected chi connectivity index (χ0v) is 14.1. The van der Waals surface area contributed by atoms with E-state index in [2.05, 4.69) is 4.98 Å². The van der Waals surface area contributed by atoms with Crippen molar-refractivity contribution in [1.29, 1.82) is 0 Å². The molecule has 0 N–H and O–H groups in total. The predicted octanol–water partition coefficient (Wildman–Crippen LogP) is 4.23. The summed E-state index contributed by atoms with van der Waals surface area (Å²) >= 11 is 1.19. The Hall–Kier alpha value is -2.09. The number of benzene rings is 1. The minimum Gasteiger partial charge on any atom is -0.496 e. The summed E-state index contributed by atoms with van der Waals surface area (Å²) in [5.74, 6) is -0.127. The van der Waals surface area contributed by atoms with E-state index in [1.54, 1.807) is 31.2 Å². The average molecular weight is 358 g/mol. The molecule has 4 nitrogen and oxygen atoms in total. The molecule has 0 radical (unpaired) electrons. The van der Waals surface area contributed by atoms with Crippen molar-refractivity contribution >= 4 is 17.2 Å². The summed E-state index contributed by atoms with van der Waals surface area (Å²) in [6.45, 7) is 0.471. The molecule has 0 bridgehead atoms. The maximum absolute atomic E-state index is 12.6. The van der Waals surface area contributed by atoms with Gasteiger partial charge in [-0.25, -0.2) is 4.98 Å². The van der Waals surface area contributed by atoms with E-state index in [9.17, 15) is 18.0 Å². The highest BCUT2D eigenvalue weighted by Gasteiger charge is 2.33. The number of hydrogen-bond acceptors (Lipinski definition) is 4. The third kappa shape index (κ3) is 4.47. The van der Waals surface area contributed by atoms with Gasteiger partial charge in [0.05, 0.1) is 12.7 Å². The van der Waals surface area contributed by atoms with Crippen LogP contribution in [0.2, 0.25) is 0 Å². The van der Waals surface area contributed by atoms with Crippen LogP contribution in [0, 0.1) is 0 Å². The second kappa shape index (κ2) is 7.65. The molecule has 0 aliphatic heterocycles. The molecule has 0 saturated carbocycles. The maximum Gasteiger partial charge on any atom is 0.406 e. The maximum atomic E-state index is 12.6. The molecular weight excluding hydrogens is 341 g/mol. The molecule has 24 heavy (non-hydrogen) atoms. The van der Waals surface area contributed by atoms with Gasteiger partial charge in [-0.2, -0.15) is 13.2 Å². The van der Waals surface area contributed by atoms with E-state index >= 15 is 0 Å². The van der Waals surface area contributed by atoms with Crippen LogP contribution in [-0.2, 0) is 0 Å². The van der Waals surface area contributed by atoms with Gasteiger partial charge in [-0.1, -0.05) is 19.1 Å². The van der Waals surface area contributed by atoms with Crippen LogP contribution in [0.4, 0.5) is 13.2 Å². The first-order valence-electron chi connectivity index (χ1n) is 7.30. The zero-order chi connectivity index (χ0) is 17.7. The molecule has 130 valence electrons. The SMILES string of the molecule is CCCN(CC(F)(F)F)C(=O)c1csc(-c2ccccc2OC)n1. The van der Waals surface area contributed by atoms with Crippen molar-refractivity contribution in [3.8, 4) is 16.3 Å². The van der Waals surface area contributed by atoms with Crippen molar-refractivity contribution in [3.63, 3.8) is 0 Å². The number of hydrogen-bond donors (Lipinski definition) is 0. The standard InChI is InChI=1S/C16H17F3N2O2S/c1-3-8-21(10-16(17,18)19)15(22)12-9-24-14(20-12)11-6-4-5-7-13(11)23-2/h4-7,9H,3,8,10H2,1-2H3. The van der Waals surface area contributed by atoms with E-state index in [-0.39, 0.29) is 12.2 Å². The number of halogens is 3. The highest BCUT2D eigenvalue weighted by atomic mass is 32.1. The van der Waals surface area contributed by atoms with Gasteiger partial charge in [0.2, 0.25) is 0 Å². The van der Waals surface area contributed by atoms with Gasteiger partial charge in [0.25, 0.3) is 5.91 Å². The number of carbonyl (C=O) groups excluding carboxylic acids is 1. The van der Waals surface area contributed by atoms with E-state index < -0.39 is 18.6 Å². The number of methoxy groups -OCH3 is 1. The van der Waals surface area contributed by atoms with Crippen LogP contribution >= 0.6 is 11.3 Å². The lowest BCUT2D eigenvalue weighted by atomic mass is 10.2. The molecule has 0 fully saturated rings. The number of carbonyl (C=O) groups is 1. The molecule has 1 aromatic carbocycles. The highest BCUT2D eigenvalue weighted by Crippen LogP contribution is 2.32. The van der Waals surface area contributed by atoms with E-state index in [1.165, 1.54) is 23.8 Å². The van der Waals surface area contributed by atoms with Crippen LogP contribution in [0.5, 0.6) is 5.75 Å². The third-order valence-electron chi connectivity index (χ3n) is 3.21. The van der Waals surface area contributed by atoms with Crippen LogP contribution in [0.3, 0.4) is 0 Å². The summed E-state index contributed by atoms with van der Waals surface area (Å²) in [5, 5.41) is 2.00.